The molecule has 2 unspecified atom stereocenters. The van der Waals surface area contributed by atoms with Gasteiger partial charge in [0, 0.05) is 22.6 Å². The Bertz CT molecular complexity index is 768. The molecule has 2 aromatic rings. The van der Waals surface area contributed by atoms with Gasteiger partial charge in [-0.05, 0) is 37.1 Å². The maximum atomic E-state index is 13.5. The number of rotatable bonds is 6. The molecule has 0 spiro atoms. The maximum Gasteiger partial charge on any atom is 0.417 e. The molecule has 0 aliphatic heterocycles. The van der Waals surface area contributed by atoms with E-state index < -0.39 is 58.5 Å². The van der Waals surface area contributed by atoms with Crippen molar-refractivity contribution in [3.63, 3.8) is 0 Å². The van der Waals surface area contributed by atoms with Crippen LogP contribution in [0.2, 0.25) is 0 Å². The van der Waals surface area contributed by atoms with E-state index in [2.05, 4.69) is 0 Å². The van der Waals surface area contributed by atoms with E-state index in [1.54, 1.807) is 0 Å². The van der Waals surface area contributed by atoms with Crippen molar-refractivity contribution in [2.24, 2.45) is 0 Å². The van der Waals surface area contributed by atoms with E-state index in [-0.39, 0.29) is 22.9 Å². The van der Waals surface area contributed by atoms with Crippen molar-refractivity contribution < 1.29 is 35.1 Å². The third-order valence-electron chi connectivity index (χ3n) is 4.01. The Balaban J connectivity index is 2.72. The van der Waals surface area contributed by atoms with Crippen LogP contribution in [0.4, 0.5) is 35.1 Å². The molecule has 0 bridgehead atoms. The molecule has 0 amide bonds. The lowest BCUT2D eigenvalue weighted by atomic mass is 10.1. The quantitative estimate of drug-likeness (QED) is 0.414. The molecule has 0 fully saturated rings. The lowest BCUT2D eigenvalue weighted by Crippen LogP contribution is -2.13. The maximum absolute atomic E-state index is 13.5. The van der Waals surface area contributed by atoms with Gasteiger partial charge in [0.2, 0.25) is 0 Å². The zero-order chi connectivity index (χ0) is 22.0. The van der Waals surface area contributed by atoms with Crippen molar-refractivity contribution in [2.75, 3.05) is 0 Å². The fourth-order valence-corrected chi connectivity index (χ4v) is 4.24. The molecule has 160 valence electrons. The largest absolute Gasteiger partial charge is 0.417 e. The third kappa shape index (κ3) is 6.10. The minimum Gasteiger partial charge on any atom is -0.247 e. The summed E-state index contributed by atoms with van der Waals surface area (Å²) >= 11 is 0.258. The summed E-state index contributed by atoms with van der Waals surface area (Å²) in [7, 11) is 0. The average molecular weight is 442 g/mol. The van der Waals surface area contributed by atoms with E-state index in [0.717, 1.165) is 38.1 Å². The van der Waals surface area contributed by atoms with Gasteiger partial charge in [0.1, 0.15) is 12.3 Å². The molecule has 2 rings (SSSR count). The van der Waals surface area contributed by atoms with Gasteiger partial charge in [0.05, 0.1) is 11.1 Å². The highest BCUT2D eigenvalue weighted by atomic mass is 32.2. The number of hydrogen-bond acceptors (Lipinski definition) is 1. The number of halogens is 8. The third-order valence-corrected chi connectivity index (χ3v) is 5.38. The normalized spacial score (nSPS) is 14.7. The van der Waals surface area contributed by atoms with Gasteiger partial charge in [-0.3, -0.25) is 0 Å². The molecule has 0 heterocycles. The molecule has 0 nitrogen and oxygen atoms in total. The van der Waals surface area contributed by atoms with Crippen molar-refractivity contribution in [1.82, 2.24) is 0 Å². The van der Waals surface area contributed by atoms with Gasteiger partial charge in [-0.25, -0.2) is 8.78 Å². The van der Waals surface area contributed by atoms with E-state index in [1.165, 1.54) is 12.1 Å². The molecule has 2 aromatic carbocycles. The second kappa shape index (κ2) is 8.93. The van der Waals surface area contributed by atoms with Crippen LogP contribution in [0, 0.1) is 0 Å². The van der Waals surface area contributed by atoms with E-state index in [1.807, 2.05) is 0 Å². The van der Waals surface area contributed by atoms with Crippen molar-refractivity contribution in [2.45, 2.75) is 61.2 Å². The summed E-state index contributed by atoms with van der Waals surface area (Å²) in [6.45, 7) is 2.29. The van der Waals surface area contributed by atoms with Crippen molar-refractivity contribution in [1.29, 1.82) is 0 Å². The average Bonchev–Trinajstić information content (AvgIpc) is 2.54. The summed E-state index contributed by atoms with van der Waals surface area (Å²) in [4.78, 5) is -1.01. The number of alkyl halides is 8. The van der Waals surface area contributed by atoms with Crippen LogP contribution in [0.3, 0.4) is 0 Å². The summed E-state index contributed by atoms with van der Waals surface area (Å²) in [6, 6.07) is 6.16. The topological polar surface area (TPSA) is 0 Å². The molecule has 0 N–H and O–H groups in total. The smallest absolute Gasteiger partial charge is 0.247 e. The first-order valence-electron chi connectivity index (χ1n) is 8.64. The van der Waals surface area contributed by atoms with Crippen molar-refractivity contribution in [3.8, 4) is 0 Å². The van der Waals surface area contributed by atoms with Crippen LogP contribution in [0.5, 0.6) is 0 Å². The van der Waals surface area contributed by atoms with E-state index in [9.17, 15) is 35.1 Å². The van der Waals surface area contributed by atoms with Crippen LogP contribution < -0.4 is 0 Å². The molecular formula is C20H18F8S. The van der Waals surface area contributed by atoms with Crippen LogP contribution >= 0.6 is 11.8 Å². The Labute approximate surface area is 167 Å². The Hall–Kier alpha value is -1.77. The lowest BCUT2D eigenvalue weighted by molar-refractivity contribution is -0.140. The van der Waals surface area contributed by atoms with E-state index in [4.69, 9.17) is 0 Å². The summed E-state index contributed by atoms with van der Waals surface area (Å²) in [5.74, 6) is 0. The highest BCUT2D eigenvalue weighted by Gasteiger charge is 2.38. The summed E-state index contributed by atoms with van der Waals surface area (Å²) in [5, 5.41) is 0. The highest BCUT2D eigenvalue weighted by Crippen LogP contribution is 2.47. The molecular weight excluding hydrogens is 424 g/mol. The van der Waals surface area contributed by atoms with Gasteiger partial charge in [0.25, 0.3) is 0 Å². The predicted octanol–water partition coefficient (Wildman–Crippen LogP) is 7.68. The molecule has 0 saturated heterocycles. The molecule has 0 radical (unpaired) electrons. The zero-order valence-electron chi connectivity index (χ0n) is 15.5. The van der Waals surface area contributed by atoms with Crippen molar-refractivity contribution in [3.05, 3.63) is 58.7 Å². The van der Waals surface area contributed by atoms with Gasteiger partial charge in [-0.15, -0.1) is 0 Å². The Kier molecular flexibility index (Phi) is 7.24. The number of hydrogen-bond donors (Lipinski definition) is 0. The minimum absolute atomic E-state index is 0.0592. The summed E-state index contributed by atoms with van der Waals surface area (Å²) < 4.78 is 108. The molecule has 0 aromatic heterocycles. The lowest BCUT2D eigenvalue weighted by Gasteiger charge is -2.21. The van der Waals surface area contributed by atoms with Gasteiger partial charge in [0.15, 0.2) is 0 Å². The minimum atomic E-state index is -4.85. The molecule has 0 aliphatic rings. The fraction of sp³-hybridized carbons (Fsp3) is 0.400. The second-order valence-corrected chi connectivity index (χ2v) is 7.68. The van der Waals surface area contributed by atoms with Crippen LogP contribution in [0.1, 0.15) is 36.1 Å². The van der Waals surface area contributed by atoms with E-state index in [0.29, 0.717) is 0 Å². The van der Waals surface area contributed by atoms with Gasteiger partial charge in [-0.2, -0.15) is 26.3 Å². The first-order valence-corrected chi connectivity index (χ1v) is 9.46. The van der Waals surface area contributed by atoms with Gasteiger partial charge >= 0.3 is 12.4 Å². The number of benzene rings is 2. The second-order valence-electron chi connectivity index (χ2n) is 6.66. The molecule has 29 heavy (non-hydrogen) atoms. The van der Waals surface area contributed by atoms with Crippen LogP contribution in [0.25, 0.3) is 0 Å². The van der Waals surface area contributed by atoms with E-state index >= 15 is 0 Å². The monoisotopic (exact) mass is 442 g/mol. The molecule has 0 saturated carbocycles. The first kappa shape index (κ1) is 23.5. The van der Waals surface area contributed by atoms with Crippen LogP contribution in [0.15, 0.2) is 46.2 Å². The van der Waals surface area contributed by atoms with Gasteiger partial charge in [-0.1, -0.05) is 36.0 Å². The fourth-order valence-electron chi connectivity index (χ4n) is 2.89. The van der Waals surface area contributed by atoms with Crippen LogP contribution in [-0.4, -0.2) is 12.3 Å². The summed E-state index contributed by atoms with van der Waals surface area (Å²) in [6.07, 6.45) is -13.5. The van der Waals surface area contributed by atoms with Crippen molar-refractivity contribution >= 4 is 11.8 Å². The summed E-state index contributed by atoms with van der Waals surface area (Å²) in [5.41, 5.74) is -2.43. The standard InChI is InChI=1S/C20H18F8S/c1-11(21)9-13-5-3-7-15(19(23,24)25)17(13)29-18-14(10-12(2)22)6-4-8-16(18)20(26,27)28/h3-8,11-12H,9-10H2,1-2H3. The Morgan fingerprint density at radius 2 is 1.03 bits per heavy atom. The zero-order valence-corrected chi connectivity index (χ0v) is 16.3. The Morgan fingerprint density at radius 1 is 0.690 bits per heavy atom. The van der Waals surface area contributed by atoms with Gasteiger partial charge < -0.3 is 0 Å². The van der Waals surface area contributed by atoms with Crippen LogP contribution in [-0.2, 0) is 25.2 Å². The predicted molar refractivity (Wildman–Crippen MR) is 95.6 cm³/mol. The Morgan fingerprint density at radius 3 is 1.31 bits per heavy atom. The highest BCUT2D eigenvalue weighted by molar-refractivity contribution is 7.99. The molecule has 2 atom stereocenters. The molecule has 9 heteroatoms. The first-order chi connectivity index (χ1) is 13.3. The molecule has 0 aliphatic carbocycles. The SMILES string of the molecule is CC(F)Cc1cccc(C(F)(F)F)c1Sc1c(CC(C)F)cccc1C(F)(F)F.